The molecule has 1 aromatic heterocycles. The number of hydrogen-bond donors (Lipinski definition) is 0. The second-order valence-electron chi connectivity index (χ2n) is 8.72. The van der Waals surface area contributed by atoms with Crippen LogP contribution in [0.2, 0.25) is 0 Å². The molecule has 0 bridgehead atoms. The second-order valence-corrected chi connectivity index (χ2v) is 12.2. The van der Waals surface area contributed by atoms with Gasteiger partial charge in [-0.05, 0) is 48.0 Å². The predicted octanol–water partition coefficient (Wildman–Crippen LogP) is 5.03. The molecule has 37 heavy (non-hydrogen) atoms. The Morgan fingerprint density at radius 2 is 1.03 bits per heavy atom. The van der Waals surface area contributed by atoms with Crippen molar-refractivity contribution in [3.05, 3.63) is 163 Å². The number of aromatic nitrogens is 1. The van der Waals surface area contributed by atoms with E-state index in [4.69, 9.17) is 0 Å². The van der Waals surface area contributed by atoms with Crippen LogP contribution >= 0.6 is 7.26 Å². The third-order valence-electron chi connectivity index (χ3n) is 6.49. The van der Waals surface area contributed by atoms with Gasteiger partial charge < -0.3 is 5.11 Å². The minimum Gasteiger partial charge on any atom is -0.872 e. The first-order valence-corrected chi connectivity index (χ1v) is 14.1. The molecule has 180 valence electrons. The fourth-order valence-corrected chi connectivity index (χ4v) is 8.93. The Labute approximate surface area is 218 Å². The molecule has 4 aromatic carbocycles. The van der Waals surface area contributed by atoms with Crippen LogP contribution in [0.15, 0.2) is 151 Å². The van der Waals surface area contributed by atoms with Crippen molar-refractivity contribution in [2.75, 3.05) is 6.16 Å². The van der Waals surface area contributed by atoms with Crippen LogP contribution in [-0.2, 0) is 0 Å². The molecule has 0 amide bonds. The molecule has 0 saturated carbocycles. The summed E-state index contributed by atoms with van der Waals surface area (Å²) in [5, 5.41) is 17.4. The summed E-state index contributed by atoms with van der Waals surface area (Å²) in [5.74, 6) is -0.532. The lowest BCUT2D eigenvalue weighted by atomic mass is 10.0. The van der Waals surface area contributed by atoms with Crippen LogP contribution in [0.25, 0.3) is 5.76 Å². The highest BCUT2D eigenvalue weighted by Crippen LogP contribution is 2.57. The van der Waals surface area contributed by atoms with Crippen LogP contribution in [0, 0.1) is 0 Å². The molecule has 4 heteroatoms. The molecular formula is C33H26NO2P. The molecule has 0 aliphatic heterocycles. The number of carbonyl (C=O) groups is 1. The van der Waals surface area contributed by atoms with E-state index in [0.29, 0.717) is 17.3 Å². The largest absolute Gasteiger partial charge is 0.872 e. The summed E-state index contributed by atoms with van der Waals surface area (Å²) < 4.78 is 0. The van der Waals surface area contributed by atoms with Crippen LogP contribution in [0.5, 0.6) is 0 Å². The van der Waals surface area contributed by atoms with Crippen LogP contribution < -0.4 is 21.0 Å². The number of Topliss-reactive ketones (excluding diaryl/α,β-unsaturated/α-hetero) is 1. The first-order valence-electron chi connectivity index (χ1n) is 12.2. The molecule has 0 saturated heterocycles. The molecule has 5 rings (SSSR count). The number of hydrogen-bond acceptors (Lipinski definition) is 3. The average Bonchev–Trinajstić information content (AvgIpc) is 2.99. The standard InChI is InChI=1S/C33H26NO2P/c35-32(26-14-5-1-6-15-26)31(33(36)27-16-13-23-34-24-27)25-37(28-17-7-2-8-18-28,29-19-9-3-10-20-29)30-21-11-4-12-22-30/h1-24H,25H2. The molecule has 3 nitrogen and oxygen atoms in total. The highest BCUT2D eigenvalue weighted by atomic mass is 31.2. The fourth-order valence-electron chi connectivity index (χ4n) is 4.69. The van der Waals surface area contributed by atoms with E-state index in [0.717, 1.165) is 15.9 Å². The van der Waals surface area contributed by atoms with E-state index < -0.39 is 7.26 Å². The molecular weight excluding hydrogens is 473 g/mol. The van der Waals surface area contributed by atoms with Gasteiger partial charge in [-0.2, -0.15) is 0 Å². The molecule has 1 heterocycles. The Balaban J connectivity index is 1.81. The maximum absolute atomic E-state index is 14.1. The molecule has 0 fully saturated rings. The van der Waals surface area contributed by atoms with E-state index in [1.807, 2.05) is 72.8 Å². The maximum atomic E-state index is 14.1. The van der Waals surface area contributed by atoms with Gasteiger partial charge >= 0.3 is 0 Å². The lowest BCUT2D eigenvalue weighted by Gasteiger charge is -2.30. The van der Waals surface area contributed by atoms with Gasteiger partial charge in [-0.25, -0.2) is 0 Å². The van der Waals surface area contributed by atoms with E-state index >= 15 is 0 Å². The van der Waals surface area contributed by atoms with Gasteiger partial charge in [0.1, 0.15) is 29.3 Å². The summed E-state index contributed by atoms with van der Waals surface area (Å²) in [6.07, 6.45) is 3.46. The van der Waals surface area contributed by atoms with Crippen LogP contribution in [0.4, 0.5) is 0 Å². The first-order chi connectivity index (χ1) is 18.2. The third-order valence-corrected chi connectivity index (χ3v) is 10.8. The van der Waals surface area contributed by atoms with Gasteiger partial charge in [0.15, 0.2) is 5.78 Å². The van der Waals surface area contributed by atoms with Gasteiger partial charge in [-0.15, -0.1) is 0 Å². The number of nitrogens with zero attached hydrogens (tertiary/aromatic N) is 1. The molecule has 5 aromatic rings. The van der Waals surface area contributed by atoms with Crippen molar-refractivity contribution in [2.24, 2.45) is 0 Å². The van der Waals surface area contributed by atoms with Crippen molar-refractivity contribution in [2.45, 2.75) is 0 Å². The summed E-state index contributed by atoms with van der Waals surface area (Å²) >= 11 is 0. The minimum absolute atomic E-state index is 0.248. The maximum Gasteiger partial charge on any atom is 0.192 e. The molecule has 0 N–H and O–H groups in total. The number of ketones is 1. The Morgan fingerprint density at radius 1 is 0.595 bits per heavy atom. The molecule has 0 aliphatic carbocycles. The Morgan fingerprint density at radius 3 is 1.46 bits per heavy atom. The summed E-state index contributed by atoms with van der Waals surface area (Å²) in [4.78, 5) is 18.2. The quantitative estimate of drug-likeness (QED) is 0.130. The normalized spacial score (nSPS) is 12.0. The number of allylic oxidation sites excluding steroid dienone is 1. The second kappa shape index (κ2) is 11.2. The van der Waals surface area contributed by atoms with Crippen molar-refractivity contribution in [3.8, 4) is 0 Å². The van der Waals surface area contributed by atoms with Crippen LogP contribution in [0.3, 0.4) is 0 Å². The lowest BCUT2D eigenvalue weighted by Crippen LogP contribution is -2.35. The van der Waals surface area contributed by atoms with Gasteiger partial charge in [0.2, 0.25) is 0 Å². The summed E-state index contributed by atoms with van der Waals surface area (Å²) in [5.41, 5.74) is 1.18. The van der Waals surface area contributed by atoms with Crippen molar-refractivity contribution >= 4 is 34.7 Å². The third kappa shape index (κ3) is 5.00. The van der Waals surface area contributed by atoms with Gasteiger partial charge in [0, 0.05) is 23.5 Å². The Bertz CT molecular complexity index is 1390. The van der Waals surface area contributed by atoms with E-state index in [1.165, 1.54) is 6.20 Å². The molecule has 0 unspecified atom stereocenters. The Hall–Kier alpha value is -4.33. The van der Waals surface area contributed by atoms with Gasteiger partial charge in [0.05, 0.1) is 0 Å². The van der Waals surface area contributed by atoms with Gasteiger partial charge in [0.25, 0.3) is 0 Å². The highest BCUT2D eigenvalue weighted by Gasteiger charge is 2.47. The molecule has 0 radical (unpaired) electrons. The van der Waals surface area contributed by atoms with E-state index in [2.05, 4.69) is 41.4 Å². The van der Waals surface area contributed by atoms with Crippen molar-refractivity contribution in [1.82, 2.24) is 4.98 Å². The van der Waals surface area contributed by atoms with Crippen molar-refractivity contribution in [1.29, 1.82) is 0 Å². The van der Waals surface area contributed by atoms with Crippen LogP contribution in [-0.4, -0.2) is 16.9 Å². The number of carbonyl (C=O) groups excluding carboxylic acids is 1. The first kappa shape index (κ1) is 24.4. The monoisotopic (exact) mass is 499 g/mol. The predicted molar refractivity (Wildman–Crippen MR) is 152 cm³/mol. The minimum atomic E-state index is -2.46. The molecule has 0 atom stereocenters. The van der Waals surface area contributed by atoms with E-state index in [1.54, 1.807) is 30.5 Å². The average molecular weight is 500 g/mol. The van der Waals surface area contributed by atoms with Crippen molar-refractivity contribution < 1.29 is 9.90 Å². The number of pyridine rings is 1. The SMILES string of the molecule is O=C(/C(C[P+](c1ccccc1)(c1ccccc1)c1ccccc1)=C(\[O-])c1cccnc1)c1ccccc1. The number of benzene rings is 4. The lowest BCUT2D eigenvalue weighted by molar-refractivity contribution is -0.244. The highest BCUT2D eigenvalue weighted by molar-refractivity contribution is 7.95. The summed E-state index contributed by atoms with van der Waals surface area (Å²) in [6.45, 7) is 0. The Kier molecular flexibility index (Phi) is 7.35. The zero-order chi connectivity index (χ0) is 25.5. The van der Waals surface area contributed by atoms with Crippen LogP contribution in [0.1, 0.15) is 15.9 Å². The fraction of sp³-hybridized carbons (Fsp3) is 0.0303. The topological polar surface area (TPSA) is 53.0 Å². The smallest absolute Gasteiger partial charge is 0.192 e. The molecule has 0 aliphatic rings. The molecule has 0 spiro atoms. The van der Waals surface area contributed by atoms with Gasteiger partial charge in [-0.1, -0.05) is 96.8 Å². The van der Waals surface area contributed by atoms with Crippen molar-refractivity contribution in [3.63, 3.8) is 0 Å². The summed E-state index contributed by atoms with van der Waals surface area (Å²) in [6, 6.07) is 43.4. The van der Waals surface area contributed by atoms with E-state index in [9.17, 15) is 9.90 Å². The van der Waals surface area contributed by atoms with Gasteiger partial charge in [-0.3, -0.25) is 9.78 Å². The number of rotatable bonds is 8. The zero-order valence-corrected chi connectivity index (χ0v) is 21.2. The van der Waals surface area contributed by atoms with E-state index in [-0.39, 0.29) is 17.1 Å². The summed E-state index contributed by atoms with van der Waals surface area (Å²) in [7, 11) is -2.46. The zero-order valence-electron chi connectivity index (χ0n) is 20.3.